The van der Waals surface area contributed by atoms with Crippen LogP contribution in [0.1, 0.15) is 18.9 Å². The van der Waals surface area contributed by atoms with E-state index in [9.17, 15) is 15.0 Å². The van der Waals surface area contributed by atoms with Crippen LogP contribution in [0.5, 0.6) is 11.5 Å². The molecule has 1 heterocycles. The van der Waals surface area contributed by atoms with E-state index in [0.717, 1.165) is 0 Å². The van der Waals surface area contributed by atoms with E-state index in [1.165, 1.54) is 20.3 Å². The van der Waals surface area contributed by atoms with Crippen LogP contribution in [-0.2, 0) is 5.79 Å². The first-order chi connectivity index (χ1) is 9.42. The van der Waals surface area contributed by atoms with Crippen LogP contribution in [0.15, 0.2) is 27.4 Å². The highest BCUT2D eigenvalue weighted by Crippen LogP contribution is 2.32. The average Bonchev–Trinajstić information content (AvgIpc) is 2.45. The molecule has 2 rings (SSSR count). The maximum Gasteiger partial charge on any atom is 0.345 e. The monoisotopic (exact) mass is 280 g/mol. The molecule has 20 heavy (non-hydrogen) atoms. The van der Waals surface area contributed by atoms with Crippen molar-refractivity contribution in [3.05, 3.63) is 34.2 Å². The number of rotatable bonds is 4. The number of hydrogen-bond acceptors (Lipinski definition) is 6. The summed E-state index contributed by atoms with van der Waals surface area (Å²) in [4.78, 5) is 11.9. The molecule has 0 atom stereocenters. The molecular weight excluding hydrogens is 264 g/mol. The summed E-state index contributed by atoms with van der Waals surface area (Å²) in [6.07, 6.45) is -0.0373. The number of ether oxygens (including phenoxy) is 2. The van der Waals surface area contributed by atoms with Crippen LogP contribution in [0.3, 0.4) is 0 Å². The van der Waals surface area contributed by atoms with E-state index in [1.807, 2.05) is 0 Å². The fraction of sp³-hybridized carbons (Fsp3) is 0.357. The van der Waals surface area contributed by atoms with Crippen LogP contribution in [0.4, 0.5) is 0 Å². The van der Waals surface area contributed by atoms with Crippen LogP contribution in [0.25, 0.3) is 11.0 Å². The van der Waals surface area contributed by atoms with Crippen LogP contribution < -0.4 is 15.1 Å². The van der Waals surface area contributed by atoms with Crippen LogP contribution >= 0.6 is 0 Å². The van der Waals surface area contributed by atoms with E-state index in [0.29, 0.717) is 16.9 Å². The lowest BCUT2D eigenvalue weighted by atomic mass is 10.0. The fourth-order valence-electron chi connectivity index (χ4n) is 1.91. The van der Waals surface area contributed by atoms with Crippen molar-refractivity contribution in [3.63, 3.8) is 0 Å². The first-order valence-electron chi connectivity index (χ1n) is 6.08. The summed E-state index contributed by atoms with van der Waals surface area (Å²) in [6.45, 7) is 1.55. The molecule has 2 N–H and O–H groups in total. The van der Waals surface area contributed by atoms with Crippen molar-refractivity contribution in [1.82, 2.24) is 0 Å². The Balaban J connectivity index is 2.79. The van der Waals surface area contributed by atoms with E-state index in [1.54, 1.807) is 19.1 Å². The number of benzene rings is 1. The maximum absolute atomic E-state index is 11.9. The lowest BCUT2D eigenvalue weighted by Crippen LogP contribution is -2.30. The molecule has 0 unspecified atom stereocenters. The Hall–Kier alpha value is -2.05. The third kappa shape index (κ3) is 2.35. The smallest absolute Gasteiger partial charge is 0.345 e. The molecule has 6 heteroatoms. The predicted octanol–water partition coefficient (Wildman–Crippen LogP) is 1.36. The molecule has 0 aliphatic rings. The molecule has 0 fully saturated rings. The molecule has 0 radical (unpaired) electrons. The highest BCUT2D eigenvalue weighted by Gasteiger charge is 2.28. The van der Waals surface area contributed by atoms with Crippen molar-refractivity contribution in [2.45, 2.75) is 19.1 Å². The minimum absolute atomic E-state index is 0.0373. The first-order valence-corrected chi connectivity index (χ1v) is 6.08. The van der Waals surface area contributed by atoms with Gasteiger partial charge in [-0.1, -0.05) is 6.92 Å². The summed E-state index contributed by atoms with van der Waals surface area (Å²) in [6, 6.07) is 4.57. The van der Waals surface area contributed by atoms with Gasteiger partial charge in [0.05, 0.1) is 19.8 Å². The van der Waals surface area contributed by atoms with Crippen LogP contribution in [0.2, 0.25) is 0 Å². The zero-order valence-corrected chi connectivity index (χ0v) is 11.5. The van der Waals surface area contributed by atoms with Gasteiger partial charge in [0.1, 0.15) is 5.75 Å². The van der Waals surface area contributed by atoms with Gasteiger partial charge in [0.2, 0.25) is 0 Å². The van der Waals surface area contributed by atoms with Crippen molar-refractivity contribution < 1.29 is 24.1 Å². The second kappa shape index (κ2) is 5.15. The minimum Gasteiger partial charge on any atom is -0.497 e. The average molecular weight is 280 g/mol. The summed E-state index contributed by atoms with van der Waals surface area (Å²) in [7, 11) is 2.94. The minimum atomic E-state index is -2.23. The molecule has 0 aliphatic heterocycles. The van der Waals surface area contributed by atoms with Gasteiger partial charge < -0.3 is 24.1 Å². The van der Waals surface area contributed by atoms with Gasteiger partial charge in [-0.25, -0.2) is 4.79 Å². The summed E-state index contributed by atoms with van der Waals surface area (Å²) >= 11 is 0. The zero-order valence-electron chi connectivity index (χ0n) is 11.5. The highest BCUT2D eigenvalue weighted by molar-refractivity contribution is 5.84. The molecule has 0 saturated heterocycles. The largest absolute Gasteiger partial charge is 0.497 e. The van der Waals surface area contributed by atoms with Crippen LogP contribution in [0, 0.1) is 0 Å². The number of hydrogen-bond donors (Lipinski definition) is 2. The van der Waals surface area contributed by atoms with Gasteiger partial charge in [-0.2, -0.15) is 0 Å². The highest BCUT2D eigenvalue weighted by atomic mass is 16.5. The Morgan fingerprint density at radius 1 is 1.20 bits per heavy atom. The maximum atomic E-state index is 11.9. The van der Waals surface area contributed by atoms with Crippen molar-refractivity contribution >= 4 is 11.0 Å². The molecule has 0 bridgehead atoms. The molecule has 6 nitrogen and oxygen atoms in total. The van der Waals surface area contributed by atoms with Gasteiger partial charge in [-0.05, 0) is 12.1 Å². The molecule has 0 amide bonds. The predicted molar refractivity (Wildman–Crippen MR) is 72.0 cm³/mol. The van der Waals surface area contributed by atoms with Gasteiger partial charge >= 0.3 is 5.63 Å². The normalized spacial score (nSPS) is 11.7. The third-order valence-electron chi connectivity index (χ3n) is 3.15. The van der Waals surface area contributed by atoms with E-state index >= 15 is 0 Å². The third-order valence-corrected chi connectivity index (χ3v) is 3.15. The van der Waals surface area contributed by atoms with Gasteiger partial charge in [-0.3, -0.25) is 0 Å². The molecule has 0 aliphatic carbocycles. The molecule has 0 saturated carbocycles. The van der Waals surface area contributed by atoms with Gasteiger partial charge in [0.15, 0.2) is 17.1 Å². The number of fused-ring (bicyclic) bond motifs is 1. The molecule has 1 aromatic heterocycles. The second-order valence-electron chi connectivity index (χ2n) is 4.37. The molecule has 0 spiro atoms. The SMILES string of the molecule is CCC(O)(O)c1cc2cc(OC)cc(OC)c2oc1=O. The van der Waals surface area contributed by atoms with Crippen molar-refractivity contribution in [1.29, 1.82) is 0 Å². The second-order valence-corrected chi connectivity index (χ2v) is 4.37. The van der Waals surface area contributed by atoms with E-state index in [2.05, 4.69) is 0 Å². The van der Waals surface area contributed by atoms with Crippen LogP contribution in [-0.4, -0.2) is 24.4 Å². The standard InChI is InChI=1S/C14H16O6/c1-4-14(16,17)10-6-8-5-9(18-2)7-11(19-3)12(8)20-13(10)15/h5-7,16-17H,4H2,1-3H3. The molecule has 2 aromatic rings. The van der Waals surface area contributed by atoms with Crippen molar-refractivity contribution in [2.24, 2.45) is 0 Å². The lowest BCUT2D eigenvalue weighted by molar-refractivity contribution is -0.172. The van der Waals surface area contributed by atoms with E-state index in [-0.39, 0.29) is 17.6 Å². The van der Waals surface area contributed by atoms with E-state index < -0.39 is 11.4 Å². The molecule has 108 valence electrons. The Morgan fingerprint density at radius 2 is 1.90 bits per heavy atom. The van der Waals surface area contributed by atoms with Crippen molar-refractivity contribution in [2.75, 3.05) is 14.2 Å². The Bertz CT molecular complexity index is 686. The summed E-state index contributed by atoms with van der Waals surface area (Å²) in [5.74, 6) is -1.39. The molecule has 1 aromatic carbocycles. The number of methoxy groups -OCH3 is 2. The number of aliphatic hydroxyl groups is 2. The van der Waals surface area contributed by atoms with Gasteiger partial charge in [-0.15, -0.1) is 0 Å². The Morgan fingerprint density at radius 3 is 2.45 bits per heavy atom. The topological polar surface area (TPSA) is 89.1 Å². The summed E-state index contributed by atoms with van der Waals surface area (Å²) < 4.78 is 15.4. The van der Waals surface area contributed by atoms with Gasteiger partial charge in [0, 0.05) is 17.9 Å². The fourth-order valence-corrected chi connectivity index (χ4v) is 1.91. The Labute approximate surface area is 115 Å². The molecular formula is C14H16O6. The Kier molecular flexibility index (Phi) is 3.69. The van der Waals surface area contributed by atoms with Crippen molar-refractivity contribution in [3.8, 4) is 11.5 Å². The zero-order chi connectivity index (χ0) is 14.9. The first kappa shape index (κ1) is 14.4. The van der Waals surface area contributed by atoms with Gasteiger partial charge in [0.25, 0.3) is 0 Å². The summed E-state index contributed by atoms with van der Waals surface area (Å²) in [5, 5.41) is 20.1. The van der Waals surface area contributed by atoms with E-state index in [4.69, 9.17) is 13.9 Å². The summed E-state index contributed by atoms with van der Waals surface area (Å²) in [5.41, 5.74) is -0.801. The lowest BCUT2D eigenvalue weighted by Gasteiger charge is -2.19. The quantitative estimate of drug-likeness (QED) is 0.649.